The number of aromatic nitrogens is 4. The summed E-state index contributed by atoms with van der Waals surface area (Å²) in [5, 5.41) is 19.4. The average molecular weight is 463 g/mol. The summed E-state index contributed by atoms with van der Waals surface area (Å²) in [4.78, 5) is 24.9. The molecule has 3 aromatic rings. The minimum atomic E-state index is -0.548. The van der Waals surface area contributed by atoms with Crippen LogP contribution in [0.25, 0.3) is 0 Å². The van der Waals surface area contributed by atoms with Crippen LogP contribution in [0.2, 0.25) is 0 Å². The van der Waals surface area contributed by atoms with Gasteiger partial charge >= 0.3 is 0 Å². The van der Waals surface area contributed by atoms with Crippen LogP contribution in [0.4, 0.5) is 11.4 Å². The van der Waals surface area contributed by atoms with Crippen molar-refractivity contribution in [2.45, 2.75) is 38.7 Å². The Kier molecular flexibility index (Phi) is 7.49. The molecule has 10 heteroatoms. The molecule has 4 rings (SSSR count). The van der Waals surface area contributed by atoms with E-state index in [4.69, 9.17) is 9.47 Å². The second-order valence-electron chi connectivity index (χ2n) is 7.74. The minimum absolute atomic E-state index is 0.196. The van der Waals surface area contributed by atoms with Crippen molar-refractivity contribution >= 4 is 23.2 Å². The molecule has 3 N–H and O–H groups in total. The number of H-pyrrole nitrogens is 1. The van der Waals surface area contributed by atoms with Crippen LogP contribution >= 0.6 is 0 Å². The second kappa shape index (κ2) is 11.1. The first kappa shape index (κ1) is 23.0. The second-order valence-corrected chi connectivity index (χ2v) is 7.74. The number of benzene rings is 2. The largest absolute Gasteiger partial charge is 0.485 e. The number of ether oxygens (including phenoxy) is 2. The predicted octanol–water partition coefficient (Wildman–Crippen LogP) is 4.04. The average Bonchev–Trinajstić information content (AvgIpc) is 3.39. The number of anilines is 2. The first-order valence-corrected chi connectivity index (χ1v) is 11.2. The van der Waals surface area contributed by atoms with Gasteiger partial charge in [-0.25, -0.2) is 0 Å². The Morgan fingerprint density at radius 3 is 2.76 bits per heavy atom. The predicted molar refractivity (Wildman–Crippen MR) is 126 cm³/mol. The van der Waals surface area contributed by atoms with E-state index in [-0.39, 0.29) is 18.4 Å². The number of allylic oxidation sites excluding steroid dienone is 1. The molecular weight excluding hydrogens is 436 g/mol. The Balaban J connectivity index is 1.37. The van der Waals surface area contributed by atoms with E-state index in [0.29, 0.717) is 34.3 Å². The van der Waals surface area contributed by atoms with Crippen LogP contribution in [-0.2, 0) is 4.79 Å². The van der Waals surface area contributed by atoms with Gasteiger partial charge in [0.2, 0.25) is 11.7 Å². The van der Waals surface area contributed by atoms with Gasteiger partial charge in [0.05, 0.1) is 5.69 Å². The van der Waals surface area contributed by atoms with Crippen molar-refractivity contribution in [3.05, 3.63) is 66.0 Å². The Labute approximate surface area is 196 Å². The molecule has 176 valence electrons. The Bertz CT molecular complexity index is 1140. The molecule has 10 nitrogen and oxygen atoms in total. The molecule has 0 aliphatic carbocycles. The summed E-state index contributed by atoms with van der Waals surface area (Å²) in [7, 11) is 0. The first-order chi connectivity index (χ1) is 16.6. The lowest BCUT2D eigenvalue weighted by Crippen LogP contribution is -2.24. The standard InChI is InChI=1S/C24H26N6O4/c1-2-3-4-5-6-10-21(31)25-17-13-11-16(12-14-17)24(32)26-18-8-7-9-19-22(18)34-20(15-33-19)23-27-29-30-28-23/h6-14,20H,2-5,15H2,1H3,(H,25,31)(H,26,32)(H,27,28,29,30). The van der Waals surface area contributed by atoms with Crippen LogP contribution in [-0.4, -0.2) is 39.0 Å². The summed E-state index contributed by atoms with van der Waals surface area (Å²) in [5.41, 5.74) is 1.50. The highest BCUT2D eigenvalue weighted by Gasteiger charge is 2.28. The highest BCUT2D eigenvalue weighted by atomic mass is 16.6. The smallest absolute Gasteiger partial charge is 0.255 e. The van der Waals surface area contributed by atoms with Crippen LogP contribution in [0.5, 0.6) is 11.5 Å². The van der Waals surface area contributed by atoms with E-state index < -0.39 is 6.10 Å². The lowest BCUT2D eigenvalue weighted by Gasteiger charge is -2.26. The summed E-state index contributed by atoms with van der Waals surface area (Å²) in [5.74, 6) is 0.746. The molecule has 2 aromatic carbocycles. The number of fused-ring (bicyclic) bond motifs is 1. The van der Waals surface area contributed by atoms with Gasteiger partial charge in [-0.1, -0.05) is 37.1 Å². The number of hydrogen-bond acceptors (Lipinski definition) is 7. The first-order valence-electron chi connectivity index (χ1n) is 11.2. The lowest BCUT2D eigenvalue weighted by molar-refractivity contribution is -0.111. The molecule has 0 fully saturated rings. The van der Waals surface area contributed by atoms with E-state index >= 15 is 0 Å². The maximum atomic E-state index is 12.8. The van der Waals surface area contributed by atoms with Gasteiger partial charge in [-0.15, -0.1) is 10.2 Å². The number of amides is 2. The molecule has 0 radical (unpaired) electrons. The highest BCUT2D eigenvalue weighted by molar-refractivity contribution is 6.06. The monoisotopic (exact) mass is 462 g/mol. The molecule has 1 atom stereocenters. The summed E-state index contributed by atoms with van der Waals surface area (Å²) in [6, 6.07) is 11.9. The van der Waals surface area contributed by atoms with Crippen LogP contribution in [0.1, 0.15) is 54.9 Å². The van der Waals surface area contributed by atoms with Gasteiger partial charge in [-0.3, -0.25) is 9.59 Å². The van der Waals surface area contributed by atoms with Crippen molar-refractivity contribution in [3.63, 3.8) is 0 Å². The van der Waals surface area contributed by atoms with Crippen LogP contribution in [0, 0.1) is 0 Å². The van der Waals surface area contributed by atoms with Crippen molar-refractivity contribution in [1.29, 1.82) is 0 Å². The van der Waals surface area contributed by atoms with E-state index in [2.05, 4.69) is 38.2 Å². The van der Waals surface area contributed by atoms with Gasteiger partial charge < -0.3 is 20.1 Å². The summed E-state index contributed by atoms with van der Waals surface area (Å²) in [6.07, 6.45) is 7.13. The summed E-state index contributed by atoms with van der Waals surface area (Å²) >= 11 is 0. The van der Waals surface area contributed by atoms with Gasteiger partial charge in [0.15, 0.2) is 17.6 Å². The minimum Gasteiger partial charge on any atom is -0.485 e. The molecule has 2 amide bonds. The third kappa shape index (κ3) is 5.77. The number of nitrogens with one attached hydrogen (secondary N) is 3. The maximum Gasteiger partial charge on any atom is 0.255 e. The Hall–Kier alpha value is -4.21. The fraction of sp³-hybridized carbons (Fsp3) is 0.292. The third-order valence-electron chi connectivity index (χ3n) is 5.19. The molecule has 34 heavy (non-hydrogen) atoms. The van der Waals surface area contributed by atoms with E-state index in [9.17, 15) is 9.59 Å². The van der Waals surface area contributed by atoms with Crippen molar-refractivity contribution in [3.8, 4) is 11.5 Å². The van der Waals surface area contributed by atoms with Crippen molar-refractivity contribution in [2.24, 2.45) is 0 Å². The molecular formula is C24H26N6O4. The quantitative estimate of drug-likeness (QED) is 0.323. The summed E-state index contributed by atoms with van der Waals surface area (Å²) in [6.45, 7) is 2.37. The molecule has 1 unspecified atom stereocenters. The number of carbonyl (C=O) groups is 2. The maximum absolute atomic E-state index is 12.8. The van der Waals surface area contributed by atoms with E-state index in [0.717, 1.165) is 25.7 Å². The van der Waals surface area contributed by atoms with Gasteiger partial charge in [0.1, 0.15) is 6.61 Å². The van der Waals surface area contributed by atoms with Gasteiger partial charge in [-0.2, -0.15) is 5.21 Å². The molecule has 0 spiro atoms. The van der Waals surface area contributed by atoms with E-state index in [1.54, 1.807) is 48.5 Å². The zero-order valence-electron chi connectivity index (χ0n) is 18.8. The normalized spacial score (nSPS) is 14.7. The Morgan fingerprint density at radius 2 is 2.00 bits per heavy atom. The topological polar surface area (TPSA) is 131 Å². The van der Waals surface area contributed by atoms with Crippen LogP contribution in [0.15, 0.2) is 54.6 Å². The number of hydrogen-bond donors (Lipinski definition) is 3. The molecule has 0 bridgehead atoms. The highest BCUT2D eigenvalue weighted by Crippen LogP contribution is 2.41. The number of para-hydroxylation sites is 1. The number of carbonyl (C=O) groups excluding carboxylic acids is 2. The van der Waals surface area contributed by atoms with E-state index in [1.165, 1.54) is 0 Å². The molecule has 1 aliphatic heterocycles. The van der Waals surface area contributed by atoms with Crippen LogP contribution in [0.3, 0.4) is 0 Å². The number of tetrazole rings is 1. The fourth-order valence-electron chi connectivity index (χ4n) is 3.41. The number of aromatic amines is 1. The van der Waals surface area contributed by atoms with E-state index in [1.807, 2.05) is 6.08 Å². The van der Waals surface area contributed by atoms with Gasteiger partial charge in [-0.05, 0) is 55.3 Å². The zero-order valence-corrected chi connectivity index (χ0v) is 18.8. The molecule has 1 aromatic heterocycles. The SMILES string of the molecule is CCCCCC=CC(=O)Nc1ccc(C(=O)Nc2cccc3c2OC(c2nn[nH]n2)CO3)cc1. The molecule has 2 heterocycles. The van der Waals surface area contributed by atoms with Crippen molar-refractivity contribution < 1.29 is 19.1 Å². The van der Waals surface area contributed by atoms with Gasteiger partial charge in [0, 0.05) is 11.3 Å². The summed E-state index contributed by atoms with van der Waals surface area (Å²) < 4.78 is 11.7. The molecule has 1 aliphatic rings. The number of rotatable bonds is 9. The number of nitrogens with zero attached hydrogens (tertiary/aromatic N) is 3. The zero-order chi connectivity index (χ0) is 23.8. The van der Waals surface area contributed by atoms with Crippen molar-refractivity contribution in [1.82, 2.24) is 20.6 Å². The Morgan fingerprint density at radius 1 is 1.15 bits per heavy atom. The van der Waals surface area contributed by atoms with Crippen molar-refractivity contribution in [2.75, 3.05) is 17.2 Å². The molecule has 0 saturated heterocycles. The lowest BCUT2D eigenvalue weighted by atomic mass is 10.1. The van der Waals surface area contributed by atoms with Gasteiger partial charge in [0.25, 0.3) is 5.91 Å². The third-order valence-corrected chi connectivity index (χ3v) is 5.19. The molecule has 0 saturated carbocycles. The number of unbranched alkanes of at least 4 members (excludes halogenated alkanes) is 3. The van der Waals surface area contributed by atoms with Crippen LogP contribution < -0.4 is 20.1 Å². The fourth-order valence-corrected chi connectivity index (χ4v) is 3.41.